The van der Waals surface area contributed by atoms with Crippen LogP contribution in [0.1, 0.15) is 107 Å². The Bertz CT molecular complexity index is 1080. The third-order valence-corrected chi connectivity index (χ3v) is 15.2. The molecule has 0 spiro atoms. The first-order valence-electron chi connectivity index (χ1n) is 15.1. The summed E-state index contributed by atoms with van der Waals surface area (Å²) in [6.45, 7) is 0. The summed E-state index contributed by atoms with van der Waals surface area (Å²) in [5.41, 5.74) is 6.16. The second-order valence-corrected chi connectivity index (χ2v) is 20.7. The van der Waals surface area contributed by atoms with Crippen molar-refractivity contribution in [3.05, 3.63) is 69.8 Å². The van der Waals surface area contributed by atoms with Gasteiger partial charge in [-0.25, -0.2) is 0 Å². The van der Waals surface area contributed by atoms with E-state index in [1.807, 2.05) is 28.9 Å². The maximum atomic E-state index is 10.6. The molecule has 40 heavy (non-hydrogen) atoms. The molecule has 0 unspecified atom stereocenters. The summed E-state index contributed by atoms with van der Waals surface area (Å²) in [6.07, 6.45) is 25.4. The molecule has 0 saturated heterocycles. The molecule has 0 aromatic heterocycles. The van der Waals surface area contributed by atoms with Crippen molar-refractivity contribution < 1.29 is 18.4 Å². The fraction of sp³-hybridized carbons (Fsp3) is 0.562. The van der Waals surface area contributed by atoms with E-state index >= 15 is 0 Å². The number of nitro groups is 1. The van der Waals surface area contributed by atoms with Gasteiger partial charge in [0.25, 0.3) is 0 Å². The van der Waals surface area contributed by atoms with Crippen LogP contribution in [0.15, 0.2) is 53.5 Å². The normalized spacial score (nSPS) is 19.7. The Morgan fingerprint density at radius 1 is 0.750 bits per heavy atom. The molecule has 0 aliphatic heterocycles. The van der Waals surface area contributed by atoms with Crippen LogP contribution in [0.2, 0.25) is 0 Å². The molecule has 0 atom stereocenters. The van der Waals surface area contributed by atoms with E-state index in [4.69, 9.17) is 19.4 Å². The van der Waals surface area contributed by atoms with E-state index in [0.717, 1.165) is 16.8 Å². The predicted octanol–water partition coefficient (Wildman–Crippen LogP) is 10.6. The van der Waals surface area contributed by atoms with Crippen molar-refractivity contribution >= 4 is 49.5 Å². The Kier molecular flexibility index (Phi) is 13.7. The van der Waals surface area contributed by atoms with Crippen LogP contribution >= 0.6 is 27.3 Å². The van der Waals surface area contributed by atoms with Crippen molar-refractivity contribution in [1.82, 2.24) is 0 Å². The van der Waals surface area contributed by atoms with Crippen molar-refractivity contribution in [2.45, 2.75) is 113 Å². The van der Waals surface area contributed by atoms with Crippen molar-refractivity contribution in [1.29, 1.82) is 0 Å². The van der Waals surface area contributed by atoms with Gasteiger partial charge in [0, 0.05) is 7.92 Å². The average molecular weight is 692 g/mol. The topological polar surface area (TPSA) is 55.5 Å². The molecule has 0 radical (unpaired) electrons. The number of benzene rings is 2. The molecule has 4 nitrogen and oxygen atoms in total. The number of aliphatic imine (C=N–C) groups is 1. The van der Waals surface area contributed by atoms with Gasteiger partial charge in [-0.05, 0) is 77.0 Å². The molecule has 0 heterocycles. The van der Waals surface area contributed by atoms with Crippen molar-refractivity contribution in [2.24, 2.45) is 4.99 Å². The fourth-order valence-electron chi connectivity index (χ4n) is 6.91. The zero-order valence-corrected chi connectivity index (χ0v) is 27.7. The van der Waals surface area contributed by atoms with Gasteiger partial charge in [0.15, 0.2) is 0 Å². The van der Waals surface area contributed by atoms with Crippen molar-refractivity contribution in [2.75, 3.05) is 0 Å². The number of halogens is 2. The number of nitro benzene ring substituents is 1. The first-order valence-corrected chi connectivity index (χ1v) is 22.3. The van der Waals surface area contributed by atoms with E-state index in [1.165, 1.54) is 29.1 Å². The minimum atomic E-state index is -1.91. The van der Waals surface area contributed by atoms with E-state index in [9.17, 15) is 10.1 Å². The summed E-state index contributed by atoms with van der Waals surface area (Å²) in [6, 6.07) is 13.7. The zero-order valence-electron chi connectivity index (χ0n) is 23.4. The molecular weight excluding hydrogens is 647 g/mol. The van der Waals surface area contributed by atoms with Crippen LogP contribution in [-0.4, -0.2) is 32.7 Å². The van der Waals surface area contributed by atoms with Gasteiger partial charge in [0.1, 0.15) is 0 Å². The zero-order chi connectivity index (χ0) is 28.2. The monoisotopic (exact) mass is 691 g/mol. The Morgan fingerprint density at radius 3 is 1.68 bits per heavy atom. The van der Waals surface area contributed by atoms with Crippen LogP contribution in [-0.2, 0) is 13.5 Å². The van der Waals surface area contributed by atoms with Crippen molar-refractivity contribution in [3.8, 4) is 0 Å². The number of nitrogens with zero attached hydrogens (tertiary/aromatic N) is 2. The second-order valence-electron chi connectivity index (χ2n) is 11.5. The van der Waals surface area contributed by atoms with Crippen LogP contribution in [0.4, 0.5) is 11.4 Å². The summed E-state index contributed by atoms with van der Waals surface area (Å²) >= 11 is -1.91. The molecule has 3 aliphatic rings. The number of hydrogen-bond donors (Lipinski definition) is 0. The molecule has 2 aromatic rings. The Labute approximate surface area is 254 Å². The van der Waals surface area contributed by atoms with E-state index < -0.39 is 18.4 Å². The standard InChI is InChI=1S/C18H33P.C14H10N2O2.2ClH.Ru/c1-4-10-16(11-5-1)19(17-12-6-2-7-13-17)18-14-8-3-9-15-18;1-11-4-2-3-5-14(11)15-10-12-6-8-13(9-7-12)16(17)18;;;/h16-18H,1-15H2;1-10H;2*1H;/q;;;;+2/p-1. The van der Waals surface area contributed by atoms with E-state index in [1.54, 1.807) is 115 Å². The quantitative estimate of drug-likeness (QED) is 0.0954. The Morgan fingerprint density at radius 2 is 1.23 bits per heavy atom. The van der Waals surface area contributed by atoms with Gasteiger partial charge in [-0.2, -0.15) is 0 Å². The van der Waals surface area contributed by atoms with Gasteiger partial charge in [-0.1, -0.05) is 19.3 Å². The molecule has 0 N–H and O–H groups in total. The predicted molar refractivity (Wildman–Crippen MR) is 173 cm³/mol. The van der Waals surface area contributed by atoms with Gasteiger partial charge in [-0.15, -0.1) is 0 Å². The van der Waals surface area contributed by atoms with Gasteiger partial charge in [-0.3, -0.25) is 0 Å². The molecule has 0 bridgehead atoms. The summed E-state index contributed by atoms with van der Waals surface area (Å²) in [7, 11) is 11.7. The summed E-state index contributed by atoms with van der Waals surface area (Å²) in [5, 5.41) is 10.6. The molecular formula is C32H44Cl2N2O2PRu+. The first kappa shape index (κ1) is 31.9. The Balaban J connectivity index is 0.000000186. The molecule has 2 aromatic carbocycles. The Hall–Kier alpha value is -0.987. The second kappa shape index (κ2) is 17.2. The number of rotatable bonds is 7. The van der Waals surface area contributed by atoms with Crippen LogP contribution in [0.25, 0.3) is 0 Å². The van der Waals surface area contributed by atoms with Crippen LogP contribution in [0.3, 0.4) is 0 Å². The number of hydrogen-bond acceptors (Lipinski definition) is 3. The van der Waals surface area contributed by atoms with Gasteiger partial charge >= 0.3 is 135 Å². The maximum absolute atomic E-state index is 10.6. The summed E-state index contributed by atoms with van der Waals surface area (Å²) < 4.78 is 1.83. The van der Waals surface area contributed by atoms with Crippen LogP contribution in [0.5, 0.6) is 0 Å². The van der Waals surface area contributed by atoms with Gasteiger partial charge < -0.3 is 0 Å². The van der Waals surface area contributed by atoms with Gasteiger partial charge in [0.2, 0.25) is 0 Å². The third-order valence-electron chi connectivity index (χ3n) is 8.81. The molecule has 0 amide bonds. The molecule has 8 heteroatoms. The van der Waals surface area contributed by atoms with E-state index in [-0.39, 0.29) is 13.6 Å². The van der Waals surface area contributed by atoms with E-state index in [0.29, 0.717) is 0 Å². The van der Waals surface area contributed by atoms with Crippen molar-refractivity contribution in [3.63, 3.8) is 0 Å². The summed E-state index contributed by atoms with van der Waals surface area (Å²) in [4.78, 5) is 14.5. The first-order chi connectivity index (χ1) is 19.5. The fourth-order valence-corrected chi connectivity index (χ4v) is 13.9. The number of para-hydroxylation sites is 1. The summed E-state index contributed by atoms with van der Waals surface area (Å²) in [5.74, 6) is 0. The molecule has 3 saturated carbocycles. The van der Waals surface area contributed by atoms with Gasteiger partial charge in [0.05, 0.1) is 17.0 Å². The number of non-ortho nitro benzene ring substituents is 1. The third kappa shape index (κ3) is 10.1. The minimum absolute atomic E-state index is 0.0465. The average Bonchev–Trinajstić information content (AvgIpc) is 2.99. The molecule has 3 fully saturated rings. The van der Waals surface area contributed by atoms with E-state index in [2.05, 4.69) is 4.99 Å². The van der Waals surface area contributed by atoms with Crippen LogP contribution < -0.4 is 0 Å². The molecule has 5 rings (SSSR count). The van der Waals surface area contributed by atoms with Crippen LogP contribution in [0, 0.1) is 10.1 Å². The SMILES string of the molecule is C1CCC([PH+](C2CCCCC2)C2CCCCC2)CC1.O=[N+]([O-])c1ccc(C=Nc2ccccc2[CH]=[Ru]([Cl])[Cl])cc1. The molecule has 220 valence electrons. The molecule has 3 aliphatic carbocycles.